The highest BCUT2D eigenvalue weighted by atomic mass is 19.1. The molecule has 0 bridgehead atoms. The summed E-state index contributed by atoms with van der Waals surface area (Å²) in [5, 5.41) is 3.65. The largest absolute Gasteiger partial charge is 0.311 e. The molecule has 0 saturated carbocycles. The fourth-order valence-corrected chi connectivity index (χ4v) is 2.61. The van der Waals surface area contributed by atoms with Gasteiger partial charge < -0.3 is 5.32 Å². The van der Waals surface area contributed by atoms with Crippen molar-refractivity contribution in [1.82, 2.24) is 5.32 Å². The van der Waals surface area contributed by atoms with Crippen LogP contribution in [-0.2, 0) is 6.42 Å². The Morgan fingerprint density at radius 1 is 1.06 bits per heavy atom. The third kappa shape index (κ3) is 4.77. The summed E-state index contributed by atoms with van der Waals surface area (Å²) in [5.74, 6) is 0.574. The smallest absolute Gasteiger partial charge is 0.123 e. The van der Waals surface area contributed by atoms with E-state index in [0.717, 1.165) is 12.3 Å². The van der Waals surface area contributed by atoms with Crippen molar-refractivity contribution in [2.45, 2.75) is 59.0 Å². The average Bonchev–Trinajstić information content (AvgIpc) is 2.33. The van der Waals surface area contributed by atoms with Crippen molar-refractivity contribution < 1.29 is 4.39 Å². The van der Waals surface area contributed by atoms with E-state index in [1.54, 1.807) is 0 Å². The Bertz CT molecular complexity index is 329. The predicted octanol–water partition coefficient (Wildman–Crippen LogP) is 4.17. The van der Waals surface area contributed by atoms with Gasteiger partial charge in [0.2, 0.25) is 0 Å². The molecule has 1 aromatic rings. The molecule has 0 fully saturated rings. The molecule has 2 heteroatoms. The van der Waals surface area contributed by atoms with Crippen LogP contribution in [-0.4, -0.2) is 12.1 Å². The van der Waals surface area contributed by atoms with Gasteiger partial charge in [-0.05, 0) is 43.9 Å². The Balaban J connectivity index is 2.45. The Morgan fingerprint density at radius 2 is 1.61 bits per heavy atom. The van der Waals surface area contributed by atoms with Gasteiger partial charge >= 0.3 is 0 Å². The van der Waals surface area contributed by atoms with Crippen LogP contribution in [0.5, 0.6) is 0 Å². The second-order valence-corrected chi connectivity index (χ2v) is 5.26. The third-order valence-electron chi connectivity index (χ3n) is 3.76. The first-order valence-corrected chi connectivity index (χ1v) is 7.07. The lowest BCUT2D eigenvalue weighted by Gasteiger charge is -2.26. The second-order valence-electron chi connectivity index (χ2n) is 5.26. The lowest BCUT2D eigenvalue weighted by molar-refractivity contribution is 0.327. The maximum Gasteiger partial charge on any atom is 0.123 e. The van der Waals surface area contributed by atoms with E-state index in [1.807, 2.05) is 12.1 Å². The van der Waals surface area contributed by atoms with Crippen molar-refractivity contribution in [1.29, 1.82) is 0 Å². The summed E-state index contributed by atoms with van der Waals surface area (Å²) >= 11 is 0. The van der Waals surface area contributed by atoms with Gasteiger partial charge in [0, 0.05) is 12.1 Å². The van der Waals surface area contributed by atoms with Gasteiger partial charge in [0.25, 0.3) is 0 Å². The molecule has 18 heavy (non-hydrogen) atoms. The van der Waals surface area contributed by atoms with Gasteiger partial charge in [-0.25, -0.2) is 4.39 Å². The number of halogens is 1. The molecule has 0 amide bonds. The summed E-state index contributed by atoms with van der Waals surface area (Å²) in [6.45, 7) is 8.95. The highest BCUT2D eigenvalue weighted by molar-refractivity contribution is 5.17. The zero-order valence-corrected chi connectivity index (χ0v) is 12.0. The summed E-state index contributed by atoms with van der Waals surface area (Å²) in [5.41, 5.74) is 1.19. The van der Waals surface area contributed by atoms with Crippen LogP contribution >= 0.6 is 0 Å². The van der Waals surface area contributed by atoms with E-state index < -0.39 is 0 Å². The van der Waals surface area contributed by atoms with Crippen LogP contribution in [0.25, 0.3) is 0 Å². The Labute approximate surface area is 111 Å². The van der Waals surface area contributed by atoms with Crippen LogP contribution in [0.4, 0.5) is 4.39 Å². The zero-order valence-electron chi connectivity index (χ0n) is 12.0. The zero-order chi connectivity index (χ0) is 13.5. The molecule has 0 saturated heterocycles. The van der Waals surface area contributed by atoms with Crippen LogP contribution in [0.1, 0.15) is 46.1 Å². The maximum absolute atomic E-state index is 12.8. The van der Waals surface area contributed by atoms with E-state index in [1.165, 1.54) is 30.5 Å². The number of rotatable bonds is 7. The predicted molar refractivity (Wildman–Crippen MR) is 76.2 cm³/mol. The van der Waals surface area contributed by atoms with Crippen molar-refractivity contribution in [3.05, 3.63) is 35.6 Å². The Morgan fingerprint density at radius 3 is 2.11 bits per heavy atom. The molecule has 2 unspecified atom stereocenters. The van der Waals surface area contributed by atoms with Crippen LogP contribution < -0.4 is 5.32 Å². The number of hydrogen-bond donors (Lipinski definition) is 1. The van der Waals surface area contributed by atoms with E-state index in [2.05, 4.69) is 33.0 Å². The number of nitrogens with one attached hydrogen (secondary N) is 1. The van der Waals surface area contributed by atoms with Gasteiger partial charge in [0.1, 0.15) is 5.82 Å². The third-order valence-corrected chi connectivity index (χ3v) is 3.76. The molecule has 1 rings (SSSR count). The minimum Gasteiger partial charge on any atom is -0.311 e. The highest BCUT2D eigenvalue weighted by Gasteiger charge is 2.15. The van der Waals surface area contributed by atoms with Crippen molar-refractivity contribution in [2.75, 3.05) is 0 Å². The van der Waals surface area contributed by atoms with Gasteiger partial charge in [-0.15, -0.1) is 0 Å². The van der Waals surface area contributed by atoms with Gasteiger partial charge in [0.05, 0.1) is 0 Å². The summed E-state index contributed by atoms with van der Waals surface area (Å²) in [6, 6.07) is 7.77. The lowest BCUT2D eigenvalue weighted by atomic mass is 9.94. The highest BCUT2D eigenvalue weighted by Crippen LogP contribution is 2.14. The van der Waals surface area contributed by atoms with Crippen LogP contribution in [0.15, 0.2) is 24.3 Å². The summed E-state index contributed by atoms with van der Waals surface area (Å²) in [6.07, 6.45) is 3.38. The van der Waals surface area contributed by atoms with E-state index in [9.17, 15) is 4.39 Å². The fraction of sp³-hybridized carbons (Fsp3) is 0.625. The Kier molecular flexibility index (Phi) is 6.34. The molecule has 0 aliphatic heterocycles. The monoisotopic (exact) mass is 251 g/mol. The van der Waals surface area contributed by atoms with Crippen LogP contribution in [0.2, 0.25) is 0 Å². The van der Waals surface area contributed by atoms with Gasteiger partial charge in [-0.3, -0.25) is 0 Å². The van der Waals surface area contributed by atoms with Crippen LogP contribution in [0.3, 0.4) is 0 Å². The molecule has 102 valence electrons. The van der Waals surface area contributed by atoms with E-state index >= 15 is 0 Å². The number of benzene rings is 1. The molecule has 1 aromatic carbocycles. The molecule has 0 aromatic heterocycles. The quantitative estimate of drug-likeness (QED) is 0.767. The van der Waals surface area contributed by atoms with Crippen molar-refractivity contribution in [2.24, 2.45) is 5.92 Å². The van der Waals surface area contributed by atoms with Crippen molar-refractivity contribution >= 4 is 0 Å². The molecule has 0 aliphatic rings. The molecule has 0 radical (unpaired) electrons. The molecule has 2 atom stereocenters. The van der Waals surface area contributed by atoms with E-state index in [-0.39, 0.29) is 5.82 Å². The molecule has 1 nitrogen and oxygen atoms in total. The molecular formula is C16H26FN. The first-order chi connectivity index (χ1) is 8.56. The molecule has 0 aliphatic carbocycles. The molecule has 0 heterocycles. The normalized spacial score (nSPS) is 14.8. The fourth-order valence-electron chi connectivity index (χ4n) is 2.61. The molecule has 0 spiro atoms. The SMILES string of the molecule is CCC(CC)C(C)NC(C)Cc1ccc(F)cc1. The summed E-state index contributed by atoms with van der Waals surface area (Å²) < 4.78 is 12.8. The minimum absolute atomic E-state index is 0.162. The Hall–Kier alpha value is -0.890. The maximum atomic E-state index is 12.8. The number of hydrogen-bond acceptors (Lipinski definition) is 1. The first-order valence-electron chi connectivity index (χ1n) is 7.07. The topological polar surface area (TPSA) is 12.0 Å². The van der Waals surface area contributed by atoms with E-state index in [4.69, 9.17) is 0 Å². The minimum atomic E-state index is -0.162. The molecular weight excluding hydrogens is 225 g/mol. The van der Waals surface area contributed by atoms with Gasteiger partial charge in [-0.1, -0.05) is 38.8 Å². The average molecular weight is 251 g/mol. The van der Waals surface area contributed by atoms with Gasteiger partial charge in [0.15, 0.2) is 0 Å². The van der Waals surface area contributed by atoms with Crippen molar-refractivity contribution in [3.8, 4) is 0 Å². The standard InChI is InChI=1S/C16H26FN/c1-5-15(6-2)13(4)18-12(3)11-14-7-9-16(17)10-8-14/h7-10,12-13,15,18H,5-6,11H2,1-4H3. The summed E-state index contributed by atoms with van der Waals surface area (Å²) in [7, 11) is 0. The van der Waals surface area contributed by atoms with Crippen molar-refractivity contribution in [3.63, 3.8) is 0 Å². The molecule has 1 N–H and O–H groups in total. The lowest BCUT2D eigenvalue weighted by Crippen LogP contribution is -2.40. The summed E-state index contributed by atoms with van der Waals surface area (Å²) in [4.78, 5) is 0. The van der Waals surface area contributed by atoms with Crippen LogP contribution in [0, 0.1) is 11.7 Å². The first kappa shape index (κ1) is 15.2. The second kappa shape index (κ2) is 7.52. The van der Waals surface area contributed by atoms with E-state index in [0.29, 0.717) is 12.1 Å². The van der Waals surface area contributed by atoms with Gasteiger partial charge in [-0.2, -0.15) is 0 Å².